The van der Waals surface area contributed by atoms with Crippen LogP contribution in [0.1, 0.15) is 47.9 Å². The van der Waals surface area contributed by atoms with E-state index in [-0.39, 0.29) is 11.9 Å². The number of nitrogens with zero attached hydrogens (tertiary/aromatic N) is 5. The van der Waals surface area contributed by atoms with Crippen molar-refractivity contribution in [3.8, 4) is 5.69 Å². The van der Waals surface area contributed by atoms with Crippen LogP contribution in [-0.4, -0.2) is 56.4 Å². The van der Waals surface area contributed by atoms with Crippen LogP contribution in [0.5, 0.6) is 0 Å². The molecule has 3 aromatic rings. The lowest BCUT2D eigenvalue weighted by molar-refractivity contribution is 0.0683. The second-order valence-electron chi connectivity index (χ2n) is 8.00. The maximum absolute atomic E-state index is 13.2. The van der Waals surface area contributed by atoms with E-state index in [9.17, 15) is 4.79 Å². The summed E-state index contributed by atoms with van der Waals surface area (Å²) in [5, 5.41) is 8.34. The highest BCUT2D eigenvalue weighted by molar-refractivity contribution is 5.92. The fourth-order valence-corrected chi connectivity index (χ4v) is 4.22. The van der Waals surface area contributed by atoms with Crippen molar-refractivity contribution in [2.24, 2.45) is 0 Å². The Kier molecular flexibility index (Phi) is 5.95. The summed E-state index contributed by atoms with van der Waals surface area (Å²) in [5.41, 5.74) is 3.79. The van der Waals surface area contributed by atoms with Gasteiger partial charge in [0.1, 0.15) is 0 Å². The highest BCUT2D eigenvalue weighted by atomic mass is 16.2. The third-order valence-electron chi connectivity index (χ3n) is 6.08. The highest BCUT2D eigenvalue weighted by Crippen LogP contribution is 2.27. The maximum Gasteiger partial charge on any atom is 0.276 e. The molecule has 1 aliphatic rings. The Morgan fingerprint density at radius 1 is 1.17 bits per heavy atom. The number of carbonyl (C=O) groups is 1. The Morgan fingerprint density at radius 3 is 2.60 bits per heavy atom. The average molecular weight is 404 g/mol. The van der Waals surface area contributed by atoms with E-state index in [2.05, 4.69) is 46.4 Å². The molecule has 1 amide bonds. The van der Waals surface area contributed by atoms with Gasteiger partial charge in [0.05, 0.1) is 11.9 Å². The fourth-order valence-electron chi connectivity index (χ4n) is 4.22. The van der Waals surface area contributed by atoms with E-state index in [1.165, 1.54) is 11.1 Å². The van der Waals surface area contributed by atoms with E-state index in [4.69, 9.17) is 0 Å². The van der Waals surface area contributed by atoms with E-state index in [1.54, 1.807) is 10.9 Å². The monoisotopic (exact) mass is 403 g/mol. The Labute approximate surface area is 178 Å². The van der Waals surface area contributed by atoms with Gasteiger partial charge < -0.3 is 4.90 Å². The van der Waals surface area contributed by atoms with E-state index < -0.39 is 0 Å². The normalized spacial score (nSPS) is 17.8. The van der Waals surface area contributed by atoms with E-state index >= 15 is 0 Å². The van der Waals surface area contributed by atoms with Crippen LogP contribution in [0.3, 0.4) is 0 Å². The smallest absolute Gasteiger partial charge is 0.276 e. The molecular weight excluding hydrogens is 374 g/mol. The quantitative estimate of drug-likeness (QED) is 0.627. The molecule has 1 saturated heterocycles. The van der Waals surface area contributed by atoms with Crippen LogP contribution in [-0.2, 0) is 0 Å². The molecule has 156 valence electrons. The van der Waals surface area contributed by atoms with Crippen molar-refractivity contribution in [2.45, 2.75) is 39.3 Å². The first-order valence-electron chi connectivity index (χ1n) is 10.7. The molecule has 1 aromatic heterocycles. The van der Waals surface area contributed by atoms with Crippen molar-refractivity contribution < 1.29 is 4.79 Å². The van der Waals surface area contributed by atoms with Crippen LogP contribution in [0, 0.1) is 6.92 Å². The lowest BCUT2D eigenvalue weighted by atomic mass is 10.1. The van der Waals surface area contributed by atoms with Gasteiger partial charge in [0.15, 0.2) is 5.69 Å². The number of likely N-dealkylation sites (tertiary alicyclic amines) is 1. The number of benzene rings is 2. The molecule has 0 bridgehead atoms. The predicted octanol–water partition coefficient (Wildman–Crippen LogP) is 3.87. The lowest BCUT2D eigenvalue weighted by Crippen LogP contribution is -2.42. The first-order chi connectivity index (χ1) is 14.6. The average Bonchev–Trinajstić information content (AvgIpc) is 3.45. The van der Waals surface area contributed by atoms with Crippen LogP contribution in [0.15, 0.2) is 60.8 Å². The van der Waals surface area contributed by atoms with Crippen LogP contribution in [0.2, 0.25) is 0 Å². The van der Waals surface area contributed by atoms with Crippen molar-refractivity contribution in [3.63, 3.8) is 0 Å². The summed E-state index contributed by atoms with van der Waals surface area (Å²) in [7, 11) is 0. The number of carbonyl (C=O) groups excluding carboxylic acids is 1. The summed E-state index contributed by atoms with van der Waals surface area (Å²) in [6.45, 7) is 8.84. The summed E-state index contributed by atoms with van der Waals surface area (Å²) in [5.74, 6) is -0.0462. The van der Waals surface area contributed by atoms with Crippen LogP contribution in [0.25, 0.3) is 5.69 Å². The zero-order chi connectivity index (χ0) is 21.1. The van der Waals surface area contributed by atoms with Gasteiger partial charge in [0.25, 0.3) is 5.91 Å². The number of amides is 1. The van der Waals surface area contributed by atoms with Gasteiger partial charge in [-0.25, -0.2) is 4.68 Å². The minimum absolute atomic E-state index is 0.0462. The third kappa shape index (κ3) is 4.14. The highest BCUT2D eigenvalue weighted by Gasteiger charge is 2.33. The molecule has 6 heteroatoms. The van der Waals surface area contributed by atoms with Crippen molar-refractivity contribution >= 4 is 5.91 Å². The molecule has 30 heavy (non-hydrogen) atoms. The first kappa shape index (κ1) is 20.3. The molecule has 4 rings (SSSR count). The molecule has 0 N–H and O–H groups in total. The molecule has 6 nitrogen and oxygen atoms in total. The predicted molar refractivity (Wildman–Crippen MR) is 118 cm³/mol. The molecule has 1 fully saturated rings. The number of aryl methyl sites for hydroxylation is 1. The molecule has 0 aliphatic carbocycles. The lowest BCUT2D eigenvalue weighted by Gasteiger charge is -2.29. The summed E-state index contributed by atoms with van der Waals surface area (Å²) in [4.78, 5) is 17.6. The minimum atomic E-state index is -0.0462. The summed E-state index contributed by atoms with van der Waals surface area (Å²) in [6.07, 6.45) is 2.71. The third-order valence-corrected chi connectivity index (χ3v) is 6.08. The van der Waals surface area contributed by atoms with Crippen molar-refractivity contribution in [1.29, 1.82) is 0 Å². The second kappa shape index (κ2) is 8.79. The molecule has 1 aliphatic heterocycles. The van der Waals surface area contributed by atoms with Gasteiger partial charge in [-0.1, -0.05) is 53.2 Å². The summed E-state index contributed by atoms with van der Waals surface area (Å²) in [6, 6.07) is 19.1. The summed E-state index contributed by atoms with van der Waals surface area (Å²) >= 11 is 0. The molecule has 2 unspecified atom stereocenters. The fraction of sp³-hybridized carbons (Fsp3) is 0.375. The Bertz CT molecular complexity index is 982. The van der Waals surface area contributed by atoms with Crippen molar-refractivity contribution in [3.05, 3.63) is 77.6 Å². The van der Waals surface area contributed by atoms with Gasteiger partial charge in [-0.2, -0.15) is 0 Å². The number of hydrogen-bond donors (Lipinski definition) is 0. The Balaban J connectivity index is 1.45. The number of hydrogen-bond acceptors (Lipinski definition) is 4. The van der Waals surface area contributed by atoms with Gasteiger partial charge in [-0.05, 0) is 44.9 Å². The number of aromatic nitrogens is 3. The molecule has 0 radical (unpaired) electrons. The first-order valence-corrected chi connectivity index (χ1v) is 10.7. The van der Waals surface area contributed by atoms with Gasteiger partial charge in [-0.15, -0.1) is 5.10 Å². The van der Waals surface area contributed by atoms with E-state index in [1.807, 2.05) is 49.1 Å². The molecule has 0 saturated carbocycles. The number of rotatable bonds is 6. The number of likely N-dealkylation sites (N-methyl/N-ethyl adjacent to an activating group) is 1. The molecule has 2 aromatic carbocycles. The molecule has 2 heterocycles. The largest absolute Gasteiger partial charge is 0.333 e. The van der Waals surface area contributed by atoms with E-state index in [0.717, 1.165) is 25.2 Å². The van der Waals surface area contributed by atoms with Crippen LogP contribution < -0.4 is 0 Å². The SMILES string of the molecule is CCN(C(=O)c1cn(-c2ccc(C)cc2)nn1)C1CCN(C(C)c2ccccc2)C1. The second-order valence-corrected chi connectivity index (χ2v) is 8.00. The molecule has 0 spiro atoms. The zero-order valence-electron chi connectivity index (χ0n) is 17.9. The van der Waals surface area contributed by atoms with Gasteiger partial charge >= 0.3 is 0 Å². The topological polar surface area (TPSA) is 54.3 Å². The van der Waals surface area contributed by atoms with Gasteiger partial charge in [0, 0.05) is 31.7 Å². The maximum atomic E-state index is 13.2. The van der Waals surface area contributed by atoms with Gasteiger partial charge in [0.2, 0.25) is 0 Å². The van der Waals surface area contributed by atoms with Crippen molar-refractivity contribution in [1.82, 2.24) is 24.8 Å². The standard InChI is InChI=1S/C24H29N5O/c1-4-28(22-14-15-27(16-22)19(3)20-8-6-5-7-9-20)24(30)23-17-29(26-25-23)21-12-10-18(2)11-13-21/h5-13,17,19,22H,4,14-16H2,1-3H3. The zero-order valence-corrected chi connectivity index (χ0v) is 17.9. The van der Waals surface area contributed by atoms with Crippen LogP contribution in [0.4, 0.5) is 0 Å². The Hall–Kier alpha value is -2.99. The Morgan fingerprint density at radius 2 is 1.90 bits per heavy atom. The minimum Gasteiger partial charge on any atom is -0.333 e. The van der Waals surface area contributed by atoms with Crippen molar-refractivity contribution in [2.75, 3.05) is 19.6 Å². The van der Waals surface area contributed by atoms with E-state index in [0.29, 0.717) is 18.3 Å². The summed E-state index contributed by atoms with van der Waals surface area (Å²) < 4.78 is 1.67. The molecular formula is C24H29N5O. The van der Waals surface area contributed by atoms with Crippen LogP contribution >= 0.6 is 0 Å². The molecule has 2 atom stereocenters. The van der Waals surface area contributed by atoms with Gasteiger partial charge in [-0.3, -0.25) is 9.69 Å².